The van der Waals surface area contributed by atoms with Gasteiger partial charge in [0, 0.05) is 11.3 Å². The molecule has 0 fully saturated rings. The van der Waals surface area contributed by atoms with E-state index in [9.17, 15) is 4.79 Å². The fraction of sp³-hybridized carbons (Fsp3) is 0.0417. The first-order valence-corrected chi connectivity index (χ1v) is 9.47. The number of nitrogens with one attached hydrogen (secondary N) is 1. The number of anilines is 1. The van der Waals surface area contributed by atoms with E-state index in [1.54, 1.807) is 24.5 Å². The summed E-state index contributed by atoms with van der Waals surface area (Å²) in [5.41, 5.74) is 4.43. The van der Waals surface area contributed by atoms with Gasteiger partial charge < -0.3 is 14.3 Å². The van der Waals surface area contributed by atoms with Gasteiger partial charge in [0.1, 0.15) is 11.4 Å². The Bertz CT molecular complexity index is 1320. The molecule has 0 unspecified atom stereocenters. The first-order valence-electron chi connectivity index (χ1n) is 9.47. The zero-order valence-corrected chi connectivity index (χ0v) is 16.1. The van der Waals surface area contributed by atoms with Crippen LogP contribution >= 0.6 is 0 Å². The predicted molar refractivity (Wildman–Crippen MR) is 114 cm³/mol. The fourth-order valence-electron chi connectivity index (χ4n) is 3.31. The Balaban J connectivity index is 1.69. The van der Waals surface area contributed by atoms with Crippen molar-refractivity contribution in [3.63, 3.8) is 0 Å². The summed E-state index contributed by atoms with van der Waals surface area (Å²) in [5, 5.41) is 7.71. The normalized spacial score (nSPS) is 11.0. The van der Waals surface area contributed by atoms with E-state index in [0.717, 1.165) is 11.1 Å². The number of para-hydroxylation sites is 1. The number of rotatable bonds is 4. The maximum atomic E-state index is 13.2. The molecule has 30 heavy (non-hydrogen) atoms. The lowest BCUT2D eigenvalue weighted by Crippen LogP contribution is -2.13. The van der Waals surface area contributed by atoms with Gasteiger partial charge in [-0.2, -0.15) is 0 Å². The van der Waals surface area contributed by atoms with E-state index in [2.05, 4.69) is 15.5 Å². The minimum Gasteiger partial charge on any atom is -0.463 e. The molecule has 1 amide bonds. The molecule has 6 heteroatoms. The van der Waals surface area contributed by atoms with Gasteiger partial charge in [-0.05, 0) is 37.3 Å². The van der Waals surface area contributed by atoms with Gasteiger partial charge in [-0.15, -0.1) is 0 Å². The number of pyridine rings is 1. The zero-order valence-electron chi connectivity index (χ0n) is 16.1. The molecule has 0 atom stereocenters. The molecular weight excluding hydrogens is 378 g/mol. The van der Waals surface area contributed by atoms with Crippen molar-refractivity contribution >= 4 is 22.7 Å². The van der Waals surface area contributed by atoms with E-state index in [0.29, 0.717) is 33.8 Å². The maximum Gasteiger partial charge on any atom is 0.259 e. The van der Waals surface area contributed by atoms with Gasteiger partial charge >= 0.3 is 0 Å². The van der Waals surface area contributed by atoms with E-state index in [-0.39, 0.29) is 11.6 Å². The van der Waals surface area contributed by atoms with Crippen molar-refractivity contribution in [3.8, 4) is 22.7 Å². The lowest BCUT2D eigenvalue weighted by Gasteiger charge is -2.08. The summed E-state index contributed by atoms with van der Waals surface area (Å²) in [4.78, 5) is 17.8. The molecule has 2 aromatic carbocycles. The predicted octanol–water partition coefficient (Wildman–Crippen LogP) is 5.71. The van der Waals surface area contributed by atoms with Gasteiger partial charge in [0.05, 0.1) is 17.2 Å². The Morgan fingerprint density at radius 1 is 0.967 bits per heavy atom. The second-order valence-electron chi connectivity index (χ2n) is 6.93. The number of carbonyl (C=O) groups excluding carboxylic acids is 1. The van der Waals surface area contributed by atoms with Crippen LogP contribution in [-0.2, 0) is 0 Å². The summed E-state index contributed by atoms with van der Waals surface area (Å²) in [6, 6.07) is 22.4. The van der Waals surface area contributed by atoms with Crippen LogP contribution in [0.4, 0.5) is 5.69 Å². The van der Waals surface area contributed by atoms with Crippen molar-refractivity contribution in [1.82, 2.24) is 10.1 Å². The molecule has 0 saturated carbocycles. The molecule has 0 aliphatic rings. The number of furan rings is 1. The molecule has 0 aliphatic carbocycles. The average molecular weight is 395 g/mol. The number of hydrogen-bond donors (Lipinski definition) is 1. The van der Waals surface area contributed by atoms with Crippen LogP contribution in [0, 0.1) is 6.92 Å². The topological polar surface area (TPSA) is 81.2 Å². The quantitative estimate of drug-likeness (QED) is 0.421. The lowest BCUT2D eigenvalue weighted by atomic mass is 10.0. The van der Waals surface area contributed by atoms with E-state index in [1.807, 2.05) is 61.5 Å². The van der Waals surface area contributed by atoms with Crippen molar-refractivity contribution in [1.29, 1.82) is 0 Å². The van der Waals surface area contributed by atoms with Gasteiger partial charge in [0.2, 0.25) is 0 Å². The molecule has 3 heterocycles. The van der Waals surface area contributed by atoms with Crippen LogP contribution in [0.5, 0.6) is 0 Å². The van der Waals surface area contributed by atoms with Gasteiger partial charge in [-0.1, -0.05) is 53.2 Å². The molecule has 3 aromatic heterocycles. The number of benzene rings is 2. The van der Waals surface area contributed by atoms with E-state index < -0.39 is 0 Å². The number of amides is 1. The Morgan fingerprint density at radius 2 is 1.77 bits per heavy atom. The first kappa shape index (κ1) is 17.9. The number of fused-ring (bicyclic) bond motifs is 1. The Hall–Kier alpha value is -4.19. The monoisotopic (exact) mass is 395 g/mol. The SMILES string of the molecule is Cc1ccc(-c2noc3nc(-c4ccco4)cc(C(=O)Nc4ccccc4)c23)cc1. The first-order chi connectivity index (χ1) is 14.7. The Labute approximate surface area is 172 Å². The zero-order chi connectivity index (χ0) is 20.5. The smallest absolute Gasteiger partial charge is 0.259 e. The van der Waals surface area contributed by atoms with E-state index in [4.69, 9.17) is 8.94 Å². The highest BCUT2D eigenvalue weighted by molar-refractivity contribution is 6.15. The van der Waals surface area contributed by atoms with Crippen LogP contribution in [0.2, 0.25) is 0 Å². The third kappa shape index (κ3) is 3.24. The second kappa shape index (κ2) is 7.33. The molecule has 0 aliphatic heterocycles. The summed E-state index contributed by atoms with van der Waals surface area (Å²) >= 11 is 0. The van der Waals surface area contributed by atoms with Crippen molar-refractivity contribution < 1.29 is 13.7 Å². The van der Waals surface area contributed by atoms with Gasteiger partial charge in [-0.25, -0.2) is 4.98 Å². The highest BCUT2D eigenvalue weighted by Crippen LogP contribution is 2.33. The van der Waals surface area contributed by atoms with Crippen LogP contribution in [0.15, 0.2) is 88.0 Å². The molecule has 1 N–H and O–H groups in total. The van der Waals surface area contributed by atoms with E-state index in [1.165, 1.54) is 0 Å². The third-order valence-electron chi connectivity index (χ3n) is 4.82. The third-order valence-corrected chi connectivity index (χ3v) is 4.82. The number of nitrogens with zero attached hydrogens (tertiary/aromatic N) is 2. The minimum absolute atomic E-state index is 0.276. The number of aromatic nitrogens is 2. The molecule has 6 nitrogen and oxygen atoms in total. The molecule has 0 radical (unpaired) electrons. The molecule has 0 bridgehead atoms. The van der Waals surface area contributed by atoms with Crippen molar-refractivity contribution in [3.05, 3.63) is 90.2 Å². The summed E-state index contributed by atoms with van der Waals surface area (Å²) in [5.74, 6) is 0.261. The molecule has 146 valence electrons. The van der Waals surface area contributed by atoms with Crippen LogP contribution in [0.3, 0.4) is 0 Å². The Morgan fingerprint density at radius 3 is 2.50 bits per heavy atom. The van der Waals surface area contributed by atoms with Gasteiger partial charge in [-0.3, -0.25) is 4.79 Å². The highest BCUT2D eigenvalue weighted by atomic mass is 16.5. The van der Waals surface area contributed by atoms with Crippen LogP contribution < -0.4 is 5.32 Å². The van der Waals surface area contributed by atoms with Gasteiger partial charge in [0.15, 0.2) is 5.76 Å². The minimum atomic E-state index is -0.280. The molecule has 5 rings (SSSR count). The van der Waals surface area contributed by atoms with Crippen molar-refractivity contribution in [2.45, 2.75) is 6.92 Å². The fourth-order valence-corrected chi connectivity index (χ4v) is 3.31. The molecule has 5 aromatic rings. The highest BCUT2D eigenvalue weighted by Gasteiger charge is 2.22. The number of carbonyl (C=O) groups is 1. The summed E-state index contributed by atoms with van der Waals surface area (Å²) in [6.07, 6.45) is 1.56. The van der Waals surface area contributed by atoms with E-state index >= 15 is 0 Å². The number of aryl methyl sites for hydroxylation is 1. The van der Waals surface area contributed by atoms with Crippen molar-refractivity contribution in [2.24, 2.45) is 0 Å². The van der Waals surface area contributed by atoms with Crippen LogP contribution in [0.1, 0.15) is 15.9 Å². The second-order valence-corrected chi connectivity index (χ2v) is 6.93. The molecular formula is C24H17N3O3. The molecule has 0 saturated heterocycles. The summed E-state index contributed by atoms with van der Waals surface area (Å²) in [6.45, 7) is 2.01. The van der Waals surface area contributed by atoms with Crippen LogP contribution in [0.25, 0.3) is 33.8 Å². The number of hydrogen-bond acceptors (Lipinski definition) is 5. The summed E-state index contributed by atoms with van der Waals surface area (Å²) < 4.78 is 11.0. The largest absolute Gasteiger partial charge is 0.463 e. The van der Waals surface area contributed by atoms with Gasteiger partial charge in [0.25, 0.3) is 11.6 Å². The standard InChI is InChI=1S/C24H17N3O3/c1-15-9-11-16(12-10-15)22-21-18(23(28)25-17-6-3-2-4-7-17)14-19(20-8-5-13-29-20)26-24(21)30-27-22/h2-14H,1H3,(H,25,28). The maximum absolute atomic E-state index is 13.2. The van der Waals surface area contributed by atoms with Crippen molar-refractivity contribution in [2.75, 3.05) is 5.32 Å². The molecule has 0 spiro atoms. The Kier molecular flexibility index (Phi) is 4.37. The summed E-state index contributed by atoms with van der Waals surface area (Å²) in [7, 11) is 0. The average Bonchev–Trinajstić information content (AvgIpc) is 3.44. The lowest BCUT2D eigenvalue weighted by molar-refractivity contribution is 0.102. The van der Waals surface area contributed by atoms with Crippen LogP contribution in [-0.4, -0.2) is 16.0 Å².